The molecule has 1 aromatic carbocycles. The first-order chi connectivity index (χ1) is 12.4. The Morgan fingerprint density at radius 1 is 1.27 bits per heavy atom. The van der Waals surface area contributed by atoms with E-state index in [2.05, 4.69) is 17.6 Å². The van der Waals surface area contributed by atoms with Gasteiger partial charge in [0.2, 0.25) is 0 Å². The van der Waals surface area contributed by atoms with E-state index in [1.54, 1.807) is 13.1 Å². The van der Waals surface area contributed by atoms with Crippen LogP contribution in [-0.2, 0) is 12.8 Å². The molecule has 0 spiro atoms. The van der Waals surface area contributed by atoms with E-state index in [-0.39, 0.29) is 17.2 Å². The third kappa shape index (κ3) is 3.32. The number of para-hydroxylation sites is 1. The van der Waals surface area contributed by atoms with Gasteiger partial charge >= 0.3 is 0 Å². The average Bonchev–Trinajstić information content (AvgIpc) is 2.97. The maximum atomic E-state index is 12.6. The van der Waals surface area contributed by atoms with E-state index in [0.29, 0.717) is 16.5 Å². The first-order valence-corrected chi connectivity index (χ1v) is 9.15. The summed E-state index contributed by atoms with van der Waals surface area (Å²) in [5, 5.41) is 17.0. The predicted molar refractivity (Wildman–Crippen MR) is 99.9 cm³/mol. The van der Waals surface area contributed by atoms with Crippen LogP contribution in [0.2, 0.25) is 0 Å². The third-order valence-corrected chi connectivity index (χ3v) is 5.71. The number of hydrogen-bond donors (Lipinski definition) is 2. The van der Waals surface area contributed by atoms with E-state index < -0.39 is 10.8 Å². The minimum atomic E-state index is -0.589. The molecule has 1 aliphatic rings. The zero-order valence-electron chi connectivity index (χ0n) is 14.5. The zero-order chi connectivity index (χ0) is 18.8. The molecule has 1 atom stereocenters. The summed E-state index contributed by atoms with van der Waals surface area (Å²) in [5.74, 6) is -0.318. The van der Waals surface area contributed by atoms with Crippen molar-refractivity contribution in [2.45, 2.75) is 26.2 Å². The minimum absolute atomic E-state index is 0.0277. The van der Waals surface area contributed by atoms with Crippen molar-refractivity contribution in [2.75, 3.05) is 12.4 Å². The van der Waals surface area contributed by atoms with Crippen molar-refractivity contribution in [1.29, 1.82) is 0 Å². The molecule has 1 heterocycles. The molecule has 2 amide bonds. The van der Waals surface area contributed by atoms with Gasteiger partial charge in [0, 0.05) is 18.0 Å². The normalized spacial score (nSPS) is 15.8. The number of nitrogens with one attached hydrogen (secondary N) is 2. The number of nitrogens with zero attached hydrogens (tertiary/aromatic N) is 1. The fourth-order valence-corrected chi connectivity index (χ4v) is 4.60. The zero-order valence-corrected chi connectivity index (χ0v) is 15.3. The summed E-state index contributed by atoms with van der Waals surface area (Å²) in [6.45, 7) is 2.16. The Hall–Kier alpha value is -2.74. The second-order valence-corrected chi connectivity index (χ2v) is 7.47. The highest BCUT2D eigenvalue weighted by Crippen LogP contribution is 2.40. The van der Waals surface area contributed by atoms with Crippen molar-refractivity contribution in [3.05, 3.63) is 55.9 Å². The summed E-state index contributed by atoms with van der Waals surface area (Å²) in [6, 6.07) is 5.77. The van der Waals surface area contributed by atoms with Crippen molar-refractivity contribution >= 4 is 33.8 Å². The van der Waals surface area contributed by atoms with Crippen LogP contribution < -0.4 is 10.6 Å². The van der Waals surface area contributed by atoms with Gasteiger partial charge in [0.15, 0.2) is 0 Å². The van der Waals surface area contributed by atoms with Crippen LogP contribution in [0.5, 0.6) is 0 Å². The van der Waals surface area contributed by atoms with Crippen molar-refractivity contribution in [2.24, 2.45) is 5.92 Å². The van der Waals surface area contributed by atoms with Gasteiger partial charge in [-0.1, -0.05) is 19.1 Å². The lowest BCUT2D eigenvalue weighted by Gasteiger charge is -2.18. The van der Waals surface area contributed by atoms with Gasteiger partial charge in [-0.2, -0.15) is 0 Å². The van der Waals surface area contributed by atoms with Crippen molar-refractivity contribution < 1.29 is 14.5 Å². The van der Waals surface area contributed by atoms with Crippen LogP contribution in [-0.4, -0.2) is 23.8 Å². The van der Waals surface area contributed by atoms with Crippen LogP contribution in [0.3, 0.4) is 0 Å². The van der Waals surface area contributed by atoms with Crippen LogP contribution in [0.15, 0.2) is 24.3 Å². The number of thiophene rings is 1. The number of carbonyl (C=O) groups excluding carboxylic acids is 2. The van der Waals surface area contributed by atoms with Gasteiger partial charge in [0.05, 0.1) is 10.5 Å². The molecular weight excluding hydrogens is 354 g/mol. The number of rotatable bonds is 4. The minimum Gasteiger partial charge on any atom is -0.355 e. The topological polar surface area (TPSA) is 101 Å². The maximum absolute atomic E-state index is 12.6. The molecule has 2 N–H and O–H groups in total. The van der Waals surface area contributed by atoms with Gasteiger partial charge in [-0.3, -0.25) is 19.7 Å². The summed E-state index contributed by atoms with van der Waals surface area (Å²) < 4.78 is 0. The summed E-state index contributed by atoms with van der Waals surface area (Å²) in [7, 11) is 1.55. The van der Waals surface area contributed by atoms with Crippen molar-refractivity contribution in [3.8, 4) is 0 Å². The molecule has 26 heavy (non-hydrogen) atoms. The number of fused-ring (bicyclic) bond motifs is 1. The number of carbonyl (C=O) groups is 2. The molecule has 0 aliphatic heterocycles. The Morgan fingerprint density at radius 3 is 2.69 bits per heavy atom. The highest BCUT2D eigenvalue weighted by atomic mass is 32.1. The summed E-state index contributed by atoms with van der Waals surface area (Å²) in [5.41, 5.74) is 1.16. The number of anilines is 1. The Labute approximate surface area is 154 Å². The summed E-state index contributed by atoms with van der Waals surface area (Å²) in [4.78, 5) is 36.7. The molecule has 0 saturated carbocycles. The van der Waals surface area contributed by atoms with Crippen LogP contribution in [0, 0.1) is 16.0 Å². The molecule has 1 aromatic heterocycles. The van der Waals surface area contributed by atoms with E-state index in [1.165, 1.54) is 29.5 Å². The molecule has 7 nitrogen and oxygen atoms in total. The van der Waals surface area contributed by atoms with Gasteiger partial charge in [-0.25, -0.2) is 0 Å². The first kappa shape index (κ1) is 18.1. The van der Waals surface area contributed by atoms with Crippen LogP contribution in [0.25, 0.3) is 0 Å². The van der Waals surface area contributed by atoms with Gasteiger partial charge in [0.1, 0.15) is 10.6 Å². The highest BCUT2D eigenvalue weighted by molar-refractivity contribution is 7.17. The van der Waals surface area contributed by atoms with Gasteiger partial charge in [0.25, 0.3) is 17.5 Å². The molecule has 8 heteroatoms. The lowest BCUT2D eigenvalue weighted by atomic mass is 9.88. The smallest absolute Gasteiger partial charge is 0.282 e. The van der Waals surface area contributed by atoms with Crippen molar-refractivity contribution in [1.82, 2.24) is 5.32 Å². The van der Waals surface area contributed by atoms with Crippen LogP contribution in [0.4, 0.5) is 10.7 Å². The average molecular weight is 373 g/mol. The molecule has 1 aliphatic carbocycles. The van der Waals surface area contributed by atoms with Gasteiger partial charge in [-0.15, -0.1) is 11.3 Å². The molecule has 0 saturated heterocycles. The number of nitro groups is 1. The molecule has 0 fully saturated rings. The molecule has 0 radical (unpaired) electrons. The monoisotopic (exact) mass is 373 g/mol. The Morgan fingerprint density at radius 2 is 2.00 bits per heavy atom. The Kier molecular flexibility index (Phi) is 5.03. The quantitative estimate of drug-likeness (QED) is 0.633. The Balaban J connectivity index is 1.99. The van der Waals surface area contributed by atoms with Crippen LogP contribution in [0.1, 0.15) is 44.5 Å². The van der Waals surface area contributed by atoms with Crippen molar-refractivity contribution in [3.63, 3.8) is 0 Å². The molecule has 0 unspecified atom stereocenters. The molecule has 3 rings (SSSR count). The van der Waals surface area contributed by atoms with Crippen LogP contribution >= 0.6 is 11.3 Å². The SMILES string of the molecule is CNC(=O)c1c(NC(=O)c2ccccc2[N+](=O)[O-])sc2c1CC[C@@H](C)C2. The van der Waals surface area contributed by atoms with E-state index >= 15 is 0 Å². The first-order valence-electron chi connectivity index (χ1n) is 8.33. The van der Waals surface area contributed by atoms with Gasteiger partial charge in [-0.05, 0) is 36.8 Å². The molecule has 0 bridgehead atoms. The summed E-state index contributed by atoms with van der Waals surface area (Å²) in [6.07, 6.45) is 2.65. The Bertz CT molecular complexity index is 891. The molecular formula is C18H19N3O4S. The fourth-order valence-electron chi connectivity index (χ4n) is 3.20. The molecule has 2 aromatic rings. The number of hydrogen-bond acceptors (Lipinski definition) is 5. The standard InChI is InChI=1S/C18H19N3O4S/c1-10-7-8-12-14(9-10)26-18(15(12)17(23)19-2)20-16(22)11-5-3-4-6-13(11)21(24)25/h3-6,10H,7-9H2,1-2H3,(H,19,23)(H,20,22)/t10-/m1/s1. The largest absolute Gasteiger partial charge is 0.355 e. The fraction of sp³-hybridized carbons (Fsp3) is 0.333. The summed E-state index contributed by atoms with van der Waals surface area (Å²) >= 11 is 1.38. The number of amides is 2. The lowest BCUT2D eigenvalue weighted by molar-refractivity contribution is -0.385. The van der Waals surface area contributed by atoms with E-state index in [4.69, 9.17) is 0 Å². The second-order valence-electron chi connectivity index (χ2n) is 6.36. The lowest BCUT2D eigenvalue weighted by Crippen LogP contribution is -2.23. The highest BCUT2D eigenvalue weighted by Gasteiger charge is 2.29. The second kappa shape index (κ2) is 7.25. The van der Waals surface area contributed by atoms with E-state index in [0.717, 1.165) is 29.7 Å². The van der Waals surface area contributed by atoms with E-state index in [9.17, 15) is 19.7 Å². The van der Waals surface area contributed by atoms with E-state index in [1.807, 2.05) is 0 Å². The number of benzene rings is 1. The third-order valence-electron chi connectivity index (χ3n) is 4.54. The van der Waals surface area contributed by atoms with Gasteiger partial charge < -0.3 is 10.6 Å². The molecule has 136 valence electrons. The number of nitro benzene ring substituents is 1. The maximum Gasteiger partial charge on any atom is 0.282 e. The predicted octanol–water partition coefficient (Wildman–Crippen LogP) is 3.39.